The highest BCUT2D eigenvalue weighted by Crippen LogP contribution is 2.11. The first-order valence-corrected chi connectivity index (χ1v) is 5.64. The Kier molecular flexibility index (Phi) is 3.76. The van der Waals surface area contributed by atoms with E-state index < -0.39 is 24.5 Å². The van der Waals surface area contributed by atoms with Crippen LogP contribution < -0.4 is 5.32 Å². The average molecular weight is 263 g/mol. The molecule has 2 rings (SSSR count). The van der Waals surface area contributed by atoms with Crippen LogP contribution in [0.4, 0.5) is 0 Å². The van der Waals surface area contributed by atoms with Crippen molar-refractivity contribution in [1.29, 1.82) is 0 Å². The van der Waals surface area contributed by atoms with Crippen molar-refractivity contribution >= 4 is 22.9 Å². The van der Waals surface area contributed by atoms with Crippen molar-refractivity contribution in [2.45, 2.75) is 12.6 Å². The Labute approximate surface area is 108 Å². The number of hydrogen-bond donors (Lipinski definition) is 3. The molecule has 0 unspecified atom stereocenters. The van der Waals surface area contributed by atoms with Gasteiger partial charge in [-0.15, -0.1) is 0 Å². The summed E-state index contributed by atoms with van der Waals surface area (Å²) in [5.41, 5.74) is 1.54. The minimum absolute atomic E-state index is 0.0513. The molecule has 19 heavy (non-hydrogen) atoms. The van der Waals surface area contributed by atoms with Crippen molar-refractivity contribution < 1.29 is 19.8 Å². The Hall–Kier alpha value is -2.41. The van der Waals surface area contributed by atoms with Crippen LogP contribution in [-0.2, 0) is 16.1 Å². The van der Waals surface area contributed by atoms with Crippen LogP contribution in [0.2, 0.25) is 0 Å². The fraction of sp³-hybridized carbons (Fsp3) is 0.250. The second kappa shape index (κ2) is 5.49. The maximum atomic E-state index is 11.7. The first-order valence-electron chi connectivity index (χ1n) is 5.64. The van der Waals surface area contributed by atoms with Gasteiger partial charge in [0.05, 0.1) is 24.0 Å². The number of fused-ring (bicyclic) bond motifs is 1. The molecule has 0 radical (unpaired) electrons. The van der Waals surface area contributed by atoms with Gasteiger partial charge in [0.15, 0.2) is 0 Å². The Morgan fingerprint density at radius 2 is 2.11 bits per heavy atom. The molecular weight excluding hydrogens is 250 g/mol. The standard InChI is InChI=1S/C12H13N3O4/c16-6-9(12(18)19)14-11(17)5-15-7-13-8-3-1-2-4-10(8)15/h1-4,7,9,16H,5-6H2,(H,14,17)(H,18,19)/t9-/m1/s1. The number of carboxylic acid groups (broad SMARTS) is 1. The molecule has 7 heteroatoms. The highest BCUT2D eigenvalue weighted by molar-refractivity contribution is 5.85. The van der Waals surface area contributed by atoms with Crippen LogP contribution >= 0.6 is 0 Å². The van der Waals surface area contributed by atoms with E-state index in [-0.39, 0.29) is 6.54 Å². The molecule has 1 aromatic carbocycles. The number of amides is 1. The third kappa shape index (κ3) is 2.89. The summed E-state index contributed by atoms with van der Waals surface area (Å²) < 4.78 is 1.61. The fourth-order valence-corrected chi connectivity index (χ4v) is 1.72. The topological polar surface area (TPSA) is 104 Å². The summed E-state index contributed by atoms with van der Waals surface area (Å²) >= 11 is 0. The smallest absolute Gasteiger partial charge is 0.328 e. The largest absolute Gasteiger partial charge is 0.480 e. The monoisotopic (exact) mass is 263 g/mol. The lowest BCUT2D eigenvalue weighted by molar-refractivity contribution is -0.143. The third-order valence-electron chi connectivity index (χ3n) is 2.66. The number of hydrogen-bond acceptors (Lipinski definition) is 4. The number of aromatic nitrogens is 2. The molecule has 0 fully saturated rings. The minimum Gasteiger partial charge on any atom is -0.480 e. The first kappa shape index (κ1) is 13.0. The predicted octanol–water partition coefficient (Wildman–Crippen LogP) is -0.402. The van der Waals surface area contributed by atoms with E-state index in [1.807, 2.05) is 24.3 Å². The highest BCUT2D eigenvalue weighted by atomic mass is 16.4. The predicted molar refractivity (Wildman–Crippen MR) is 66.4 cm³/mol. The number of nitrogens with zero attached hydrogens (tertiary/aromatic N) is 2. The quantitative estimate of drug-likeness (QED) is 0.680. The molecule has 7 nitrogen and oxygen atoms in total. The Balaban J connectivity index is 2.09. The van der Waals surface area contributed by atoms with Crippen molar-refractivity contribution in [2.75, 3.05) is 6.61 Å². The van der Waals surface area contributed by atoms with E-state index in [1.165, 1.54) is 6.33 Å². The number of carbonyl (C=O) groups is 2. The van der Waals surface area contributed by atoms with E-state index in [0.717, 1.165) is 11.0 Å². The number of rotatable bonds is 5. The Bertz CT molecular complexity index is 608. The molecular formula is C12H13N3O4. The molecule has 2 aromatic rings. The molecule has 0 spiro atoms. The molecule has 1 amide bonds. The van der Waals surface area contributed by atoms with Crippen LogP contribution in [0.1, 0.15) is 0 Å². The molecule has 0 saturated carbocycles. The Morgan fingerprint density at radius 3 is 2.79 bits per heavy atom. The lowest BCUT2D eigenvalue weighted by Gasteiger charge is -2.12. The summed E-state index contributed by atoms with van der Waals surface area (Å²) in [6.07, 6.45) is 1.51. The number of aliphatic hydroxyl groups is 1. The lowest BCUT2D eigenvalue weighted by Crippen LogP contribution is -2.44. The van der Waals surface area contributed by atoms with Crippen LogP contribution in [-0.4, -0.2) is 44.3 Å². The molecule has 100 valence electrons. The van der Waals surface area contributed by atoms with Crippen molar-refractivity contribution in [3.05, 3.63) is 30.6 Å². The van der Waals surface area contributed by atoms with Crippen molar-refractivity contribution in [3.63, 3.8) is 0 Å². The molecule has 0 aliphatic rings. The molecule has 0 saturated heterocycles. The third-order valence-corrected chi connectivity index (χ3v) is 2.66. The van der Waals surface area contributed by atoms with Gasteiger partial charge in [0, 0.05) is 0 Å². The van der Waals surface area contributed by atoms with Gasteiger partial charge in [-0.25, -0.2) is 9.78 Å². The van der Waals surface area contributed by atoms with E-state index in [1.54, 1.807) is 4.57 Å². The highest BCUT2D eigenvalue weighted by Gasteiger charge is 2.18. The van der Waals surface area contributed by atoms with Crippen LogP contribution in [0.5, 0.6) is 0 Å². The molecule has 0 bridgehead atoms. The second-order valence-corrected chi connectivity index (χ2v) is 4.00. The first-order chi connectivity index (χ1) is 9.11. The van der Waals surface area contributed by atoms with Crippen LogP contribution in [0.25, 0.3) is 11.0 Å². The molecule has 1 heterocycles. The molecule has 1 atom stereocenters. The Morgan fingerprint density at radius 1 is 1.37 bits per heavy atom. The van der Waals surface area contributed by atoms with E-state index in [0.29, 0.717) is 0 Å². The molecule has 3 N–H and O–H groups in total. The van der Waals surface area contributed by atoms with E-state index in [4.69, 9.17) is 10.2 Å². The van der Waals surface area contributed by atoms with Gasteiger partial charge in [-0.05, 0) is 12.1 Å². The number of aliphatic hydroxyl groups excluding tert-OH is 1. The van der Waals surface area contributed by atoms with E-state index in [2.05, 4.69) is 10.3 Å². The normalized spacial score (nSPS) is 12.3. The number of imidazole rings is 1. The molecule has 0 aliphatic carbocycles. The van der Waals surface area contributed by atoms with Crippen molar-refractivity contribution in [1.82, 2.24) is 14.9 Å². The number of para-hydroxylation sites is 2. The van der Waals surface area contributed by atoms with Gasteiger partial charge < -0.3 is 20.1 Å². The summed E-state index contributed by atoms with van der Waals surface area (Å²) in [5.74, 6) is -1.77. The molecule has 1 aromatic heterocycles. The van der Waals surface area contributed by atoms with Crippen molar-refractivity contribution in [3.8, 4) is 0 Å². The lowest BCUT2D eigenvalue weighted by atomic mass is 10.3. The average Bonchev–Trinajstić information content (AvgIpc) is 2.79. The summed E-state index contributed by atoms with van der Waals surface area (Å²) in [6, 6.07) is 6.01. The van der Waals surface area contributed by atoms with Crippen LogP contribution in [0.15, 0.2) is 30.6 Å². The van der Waals surface area contributed by atoms with E-state index in [9.17, 15) is 9.59 Å². The van der Waals surface area contributed by atoms with Crippen molar-refractivity contribution in [2.24, 2.45) is 0 Å². The summed E-state index contributed by atoms with van der Waals surface area (Å²) in [7, 11) is 0. The number of nitrogens with one attached hydrogen (secondary N) is 1. The summed E-state index contributed by atoms with van der Waals surface area (Å²) in [6.45, 7) is -0.698. The maximum absolute atomic E-state index is 11.7. The summed E-state index contributed by atoms with van der Waals surface area (Å²) in [4.78, 5) is 26.5. The van der Waals surface area contributed by atoms with Gasteiger partial charge in [0.25, 0.3) is 0 Å². The SMILES string of the molecule is O=C(Cn1cnc2ccccc21)N[C@H](CO)C(=O)O. The second-order valence-electron chi connectivity index (χ2n) is 4.00. The number of carboxylic acids is 1. The molecule has 0 aliphatic heterocycles. The number of benzene rings is 1. The van der Waals surface area contributed by atoms with Gasteiger partial charge in [0.2, 0.25) is 5.91 Å². The number of aliphatic carboxylic acids is 1. The van der Waals surface area contributed by atoms with Crippen LogP contribution in [0.3, 0.4) is 0 Å². The zero-order valence-electron chi connectivity index (χ0n) is 9.98. The van der Waals surface area contributed by atoms with E-state index >= 15 is 0 Å². The van der Waals surface area contributed by atoms with Crippen LogP contribution in [0, 0.1) is 0 Å². The maximum Gasteiger partial charge on any atom is 0.328 e. The van der Waals surface area contributed by atoms with Gasteiger partial charge >= 0.3 is 5.97 Å². The van der Waals surface area contributed by atoms with Gasteiger partial charge in [0.1, 0.15) is 12.6 Å². The van der Waals surface area contributed by atoms with Gasteiger partial charge in [-0.1, -0.05) is 12.1 Å². The fourth-order valence-electron chi connectivity index (χ4n) is 1.72. The number of carbonyl (C=O) groups excluding carboxylic acids is 1. The zero-order valence-corrected chi connectivity index (χ0v) is 9.98. The zero-order chi connectivity index (χ0) is 13.8. The van der Waals surface area contributed by atoms with Gasteiger partial charge in [-0.2, -0.15) is 0 Å². The summed E-state index contributed by atoms with van der Waals surface area (Å²) in [5, 5.41) is 19.8. The van der Waals surface area contributed by atoms with Gasteiger partial charge in [-0.3, -0.25) is 4.79 Å². The minimum atomic E-state index is -1.29.